The average Bonchev–Trinajstić information content (AvgIpc) is 3.36. The highest BCUT2D eigenvalue weighted by Crippen LogP contribution is 2.35. The molecule has 2 fully saturated rings. The van der Waals surface area contributed by atoms with E-state index in [1.54, 1.807) is 0 Å². The molecule has 0 aliphatic carbocycles. The maximum atomic E-state index is 6.17. The van der Waals surface area contributed by atoms with Crippen molar-refractivity contribution in [1.82, 2.24) is 19.4 Å². The molecule has 7 nitrogen and oxygen atoms in total. The Hall–Kier alpha value is -2.87. The van der Waals surface area contributed by atoms with E-state index in [4.69, 9.17) is 14.5 Å². The van der Waals surface area contributed by atoms with Crippen LogP contribution in [-0.4, -0.2) is 84.9 Å². The quantitative estimate of drug-likeness (QED) is 0.528. The van der Waals surface area contributed by atoms with Crippen LogP contribution >= 0.6 is 0 Å². The van der Waals surface area contributed by atoms with Crippen LogP contribution in [0.25, 0.3) is 16.8 Å². The maximum absolute atomic E-state index is 6.17. The minimum Gasteiger partial charge on any atom is -0.483 e. The standard InChI is InChI=1S/C29H37N5O2/c1-3-31-10-12-33(13-11-31)26-6-4-23(18-22(26)2)24-5-7-27-28(19-24)36-21-29-30-25(20-34(27)29)8-9-32-14-16-35-17-15-32/h4-7,18-20H,3,8-17,21H2,1-2H3. The summed E-state index contributed by atoms with van der Waals surface area (Å²) in [6.07, 6.45) is 3.14. The van der Waals surface area contributed by atoms with Gasteiger partial charge < -0.3 is 19.3 Å². The first-order valence-corrected chi connectivity index (χ1v) is 13.4. The van der Waals surface area contributed by atoms with E-state index in [0.717, 1.165) is 94.9 Å². The average molecular weight is 488 g/mol. The van der Waals surface area contributed by atoms with E-state index in [0.29, 0.717) is 6.61 Å². The van der Waals surface area contributed by atoms with Crippen LogP contribution in [0.5, 0.6) is 5.75 Å². The number of rotatable bonds is 6. The fourth-order valence-corrected chi connectivity index (χ4v) is 5.65. The lowest BCUT2D eigenvalue weighted by Crippen LogP contribution is -2.46. The van der Waals surface area contributed by atoms with Crippen molar-refractivity contribution in [3.8, 4) is 22.6 Å². The molecule has 0 bridgehead atoms. The third-order valence-corrected chi connectivity index (χ3v) is 7.88. The summed E-state index contributed by atoms with van der Waals surface area (Å²) in [7, 11) is 0. The van der Waals surface area contributed by atoms with Gasteiger partial charge in [-0.25, -0.2) is 4.98 Å². The Balaban J connectivity index is 1.17. The first-order valence-electron chi connectivity index (χ1n) is 13.4. The Morgan fingerprint density at radius 1 is 0.861 bits per heavy atom. The van der Waals surface area contributed by atoms with E-state index in [9.17, 15) is 0 Å². The predicted molar refractivity (Wildman–Crippen MR) is 143 cm³/mol. The zero-order valence-electron chi connectivity index (χ0n) is 21.6. The fourth-order valence-electron chi connectivity index (χ4n) is 5.65. The van der Waals surface area contributed by atoms with Crippen LogP contribution in [0.1, 0.15) is 24.0 Å². The van der Waals surface area contributed by atoms with Crippen molar-refractivity contribution in [1.29, 1.82) is 0 Å². The van der Waals surface area contributed by atoms with Gasteiger partial charge in [-0.1, -0.05) is 19.1 Å². The number of nitrogens with zero attached hydrogens (tertiary/aromatic N) is 5. The second-order valence-corrected chi connectivity index (χ2v) is 10.1. The monoisotopic (exact) mass is 487 g/mol. The molecule has 36 heavy (non-hydrogen) atoms. The van der Waals surface area contributed by atoms with Gasteiger partial charge in [0.15, 0.2) is 5.82 Å². The number of morpholine rings is 1. The van der Waals surface area contributed by atoms with Gasteiger partial charge in [-0.3, -0.25) is 9.47 Å². The van der Waals surface area contributed by atoms with Gasteiger partial charge >= 0.3 is 0 Å². The SMILES string of the molecule is CCN1CCN(c2ccc(-c3ccc4c(c3)OCc3nc(CCN5CCOCC5)cn3-4)cc2C)CC1. The molecule has 4 heterocycles. The van der Waals surface area contributed by atoms with Crippen LogP contribution in [0.3, 0.4) is 0 Å². The molecule has 0 unspecified atom stereocenters. The molecule has 3 aliphatic rings. The maximum Gasteiger partial charge on any atom is 0.151 e. The summed E-state index contributed by atoms with van der Waals surface area (Å²) in [5.74, 6) is 1.91. The second-order valence-electron chi connectivity index (χ2n) is 10.1. The predicted octanol–water partition coefficient (Wildman–Crippen LogP) is 3.76. The van der Waals surface area contributed by atoms with Crippen LogP contribution in [-0.2, 0) is 17.8 Å². The molecule has 2 aromatic carbocycles. The highest BCUT2D eigenvalue weighted by molar-refractivity contribution is 5.72. The first kappa shape index (κ1) is 23.5. The molecule has 0 atom stereocenters. The van der Waals surface area contributed by atoms with E-state index < -0.39 is 0 Å². The van der Waals surface area contributed by atoms with Crippen LogP contribution in [0, 0.1) is 6.92 Å². The molecule has 0 N–H and O–H groups in total. The van der Waals surface area contributed by atoms with Gasteiger partial charge in [0.05, 0.1) is 24.6 Å². The van der Waals surface area contributed by atoms with Crippen molar-refractivity contribution < 1.29 is 9.47 Å². The van der Waals surface area contributed by atoms with Crippen LogP contribution < -0.4 is 9.64 Å². The highest BCUT2D eigenvalue weighted by Gasteiger charge is 2.21. The van der Waals surface area contributed by atoms with Gasteiger partial charge in [0, 0.05) is 64.1 Å². The Morgan fingerprint density at radius 2 is 1.61 bits per heavy atom. The smallest absolute Gasteiger partial charge is 0.151 e. The number of likely N-dealkylation sites (N-methyl/N-ethyl adjacent to an activating group) is 1. The molecule has 7 heteroatoms. The van der Waals surface area contributed by atoms with E-state index in [2.05, 4.69) is 75.7 Å². The zero-order chi connectivity index (χ0) is 24.5. The van der Waals surface area contributed by atoms with Crippen molar-refractivity contribution in [2.45, 2.75) is 26.9 Å². The minimum absolute atomic E-state index is 0.510. The highest BCUT2D eigenvalue weighted by atomic mass is 16.5. The van der Waals surface area contributed by atoms with Gasteiger partial charge in [-0.2, -0.15) is 0 Å². The third kappa shape index (κ3) is 4.75. The molecule has 2 saturated heterocycles. The van der Waals surface area contributed by atoms with Crippen molar-refractivity contribution in [2.75, 3.05) is 70.5 Å². The molecule has 190 valence electrons. The number of hydrogen-bond acceptors (Lipinski definition) is 6. The normalized spacial score (nSPS) is 18.6. The number of ether oxygens (including phenoxy) is 2. The van der Waals surface area contributed by atoms with Gasteiger partial charge in [0.1, 0.15) is 12.4 Å². The molecule has 1 aromatic heterocycles. The van der Waals surface area contributed by atoms with Gasteiger partial charge in [0.2, 0.25) is 0 Å². The summed E-state index contributed by atoms with van der Waals surface area (Å²) >= 11 is 0. The minimum atomic E-state index is 0.510. The van der Waals surface area contributed by atoms with Gasteiger partial charge in [0.25, 0.3) is 0 Å². The molecule has 0 radical (unpaired) electrons. The largest absolute Gasteiger partial charge is 0.483 e. The molecule has 0 spiro atoms. The van der Waals surface area contributed by atoms with Crippen molar-refractivity contribution >= 4 is 5.69 Å². The van der Waals surface area contributed by atoms with E-state index in [-0.39, 0.29) is 0 Å². The molecule has 0 amide bonds. The van der Waals surface area contributed by atoms with Gasteiger partial charge in [-0.15, -0.1) is 0 Å². The Labute approximate surface area is 214 Å². The molecule has 0 saturated carbocycles. The zero-order valence-corrected chi connectivity index (χ0v) is 21.6. The van der Waals surface area contributed by atoms with Crippen molar-refractivity contribution in [3.63, 3.8) is 0 Å². The summed E-state index contributed by atoms with van der Waals surface area (Å²) in [6.45, 7) is 15.3. The Kier molecular flexibility index (Phi) is 6.69. The number of piperazine rings is 1. The topological polar surface area (TPSA) is 46.0 Å². The number of aromatic nitrogens is 2. The molecular formula is C29H37N5O2. The molecule has 3 aliphatic heterocycles. The van der Waals surface area contributed by atoms with Crippen LogP contribution in [0.15, 0.2) is 42.6 Å². The van der Waals surface area contributed by atoms with E-state index >= 15 is 0 Å². The van der Waals surface area contributed by atoms with E-state index in [1.807, 2.05) is 0 Å². The third-order valence-electron chi connectivity index (χ3n) is 7.88. The number of aryl methyl sites for hydroxylation is 1. The lowest BCUT2D eigenvalue weighted by atomic mass is 10.0. The number of imidazole rings is 1. The van der Waals surface area contributed by atoms with Crippen molar-refractivity contribution in [3.05, 3.63) is 59.7 Å². The van der Waals surface area contributed by atoms with Crippen LogP contribution in [0.4, 0.5) is 5.69 Å². The number of anilines is 1. The Bertz CT molecular complexity index is 1210. The second kappa shape index (κ2) is 10.2. The molecule has 6 rings (SSSR count). The summed E-state index contributed by atoms with van der Waals surface area (Å²) in [4.78, 5) is 12.4. The molecule has 3 aromatic rings. The number of fused-ring (bicyclic) bond motifs is 3. The van der Waals surface area contributed by atoms with Crippen molar-refractivity contribution in [2.24, 2.45) is 0 Å². The lowest BCUT2D eigenvalue weighted by molar-refractivity contribution is 0.0383. The first-order chi connectivity index (χ1) is 17.7. The summed E-state index contributed by atoms with van der Waals surface area (Å²) in [5.41, 5.74) is 7.32. The summed E-state index contributed by atoms with van der Waals surface area (Å²) in [6, 6.07) is 13.4. The fraction of sp³-hybridized carbons (Fsp3) is 0.483. The number of hydrogen-bond donors (Lipinski definition) is 0. The summed E-state index contributed by atoms with van der Waals surface area (Å²) in [5, 5.41) is 0. The number of benzene rings is 2. The lowest BCUT2D eigenvalue weighted by Gasteiger charge is -2.36. The molecular weight excluding hydrogens is 450 g/mol. The summed E-state index contributed by atoms with van der Waals surface area (Å²) < 4.78 is 13.8. The van der Waals surface area contributed by atoms with Crippen LogP contribution in [0.2, 0.25) is 0 Å². The van der Waals surface area contributed by atoms with Gasteiger partial charge in [-0.05, 0) is 54.4 Å². The Morgan fingerprint density at radius 3 is 2.36 bits per heavy atom. The van der Waals surface area contributed by atoms with E-state index in [1.165, 1.54) is 22.4 Å².